The fraction of sp³-hybridized carbons (Fsp3) is 0.286. The molecule has 2 aromatic carbocycles. The van der Waals surface area contributed by atoms with Crippen LogP contribution in [0.4, 0.5) is 0 Å². The molecule has 3 rings (SSSR count). The zero-order valence-corrected chi connectivity index (χ0v) is 15.0. The third-order valence-corrected chi connectivity index (χ3v) is 4.46. The van der Waals surface area contributed by atoms with Gasteiger partial charge in [0, 0.05) is 12.1 Å². The molecule has 0 saturated heterocycles. The number of aliphatic hydroxyl groups excluding tert-OH is 1. The minimum atomic E-state index is -1.55. The maximum Gasteiger partial charge on any atom is 0.337 e. The van der Waals surface area contributed by atoms with Crippen molar-refractivity contribution in [3.63, 3.8) is 0 Å². The molecule has 0 aromatic heterocycles. The van der Waals surface area contributed by atoms with Crippen molar-refractivity contribution in [3.05, 3.63) is 70.8 Å². The number of ether oxygens (including phenoxy) is 1. The lowest BCUT2D eigenvalue weighted by Crippen LogP contribution is -2.12. The van der Waals surface area contributed by atoms with Crippen molar-refractivity contribution >= 4 is 11.5 Å². The summed E-state index contributed by atoms with van der Waals surface area (Å²) >= 11 is 0. The molecule has 5 heteroatoms. The zero-order chi connectivity index (χ0) is 18.7. The third-order valence-electron chi connectivity index (χ3n) is 4.46. The topological polar surface area (TPSA) is 70.0 Å². The smallest absolute Gasteiger partial charge is 0.337 e. The maximum absolute atomic E-state index is 11.2. The Morgan fingerprint density at radius 1 is 1.23 bits per heavy atom. The largest absolute Gasteiger partial charge is 0.488 e. The van der Waals surface area contributed by atoms with Crippen LogP contribution in [0.5, 0.6) is 5.75 Å². The molecule has 0 fully saturated rings. The van der Waals surface area contributed by atoms with Crippen LogP contribution in [-0.4, -0.2) is 41.7 Å². The van der Waals surface area contributed by atoms with Gasteiger partial charge in [-0.3, -0.25) is 0 Å². The van der Waals surface area contributed by atoms with E-state index in [9.17, 15) is 9.90 Å². The Hall–Kier alpha value is -2.63. The lowest BCUT2D eigenvalue weighted by molar-refractivity contribution is -0.146. The number of rotatable bonds is 5. The molecular formula is C21H23NO4. The molecule has 1 atom stereocenters. The molecule has 0 bridgehead atoms. The fourth-order valence-electron chi connectivity index (χ4n) is 3.09. The van der Waals surface area contributed by atoms with Gasteiger partial charge in [-0.1, -0.05) is 36.4 Å². The number of carboxylic acid groups (broad SMARTS) is 1. The number of carboxylic acids is 1. The zero-order valence-electron chi connectivity index (χ0n) is 15.0. The Kier molecular flexibility index (Phi) is 5.40. The monoisotopic (exact) mass is 353 g/mol. The highest BCUT2D eigenvalue weighted by Gasteiger charge is 2.22. The van der Waals surface area contributed by atoms with Gasteiger partial charge >= 0.3 is 5.97 Å². The van der Waals surface area contributed by atoms with Crippen LogP contribution in [0.3, 0.4) is 0 Å². The van der Waals surface area contributed by atoms with E-state index < -0.39 is 12.1 Å². The first-order chi connectivity index (χ1) is 12.5. The normalized spacial score (nSPS) is 15.8. The van der Waals surface area contributed by atoms with Crippen LogP contribution in [0.15, 0.2) is 48.5 Å². The van der Waals surface area contributed by atoms with Gasteiger partial charge in [-0.2, -0.15) is 0 Å². The molecule has 0 unspecified atom stereocenters. The van der Waals surface area contributed by atoms with Gasteiger partial charge in [-0.25, -0.2) is 4.79 Å². The van der Waals surface area contributed by atoms with Crippen LogP contribution in [0, 0.1) is 0 Å². The highest BCUT2D eigenvalue weighted by atomic mass is 16.5. The molecule has 0 spiro atoms. The predicted molar refractivity (Wildman–Crippen MR) is 100 cm³/mol. The number of carbonyl (C=O) groups is 1. The lowest BCUT2D eigenvalue weighted by Gasteiger charge is -2.14. The van der Waals surface area contributed by atoms with Crippen LogP contribution in [0.2, 0.25) is 0 Å². The lowest BCUT2D eigenvalue weighted by atomic mass is 9.92. The van der Waals surface area contributed by atoms with Gasteiger partial charge in [0.2, 0.25) is 0 Å². The van der Waals surface area contributed by atoms with Crippen LogP contribution < -0.4 is 4.74 Å². The summed E-state index contributed by atoms with van der Waals surface area (Å²) in [6.07, 6.45) is 1.45. The number of benzene rings is 2. The predicted octanol–water partition coefficient (Wildman–Crippen LogP) is 3.08. The average Bonchev–Trinajstić information content (AvgIpc) is 2.78. The molecule has 0 saturated carbocycles. The maximum atomic E-state index is 11.2. The third kappa shape index (κ3) is 3.79. The average molecular weight is 353 g/mol. The fourth-order valence-corrected chi connectivity index (χ4v) is 3.09. The molecule has 1 aliphatic heterocycles. The Morgan fingerprint density at radius 2 is 2.00 bits per heavy atom. The van der Waals surface area contributed by atoms with Gasteiger partial charge < -0.3 is 19.8 Å². The first-order valence-electron chi connectivity index (χ1n) is 8.58. The van der Waals surface area contributed by atoms with E-state index in [0.717, 1.165) is 35.2 Å². The van der Waals surface area contributed by atoms with Crippen LogP contribution in [-0.2, 0) is 11.4 Å². The number of fused-ring (bicyclic) bond motifs is 2. The van der Waals surface area contributed by atoms with Gasteiger partial charge in [-0.05, 0) is 54.9 Å². The molecule has 2 aromatic rings. The number of aliphatic hydroxyl groups is 1. The molecule has 0 aliphatic carbocycles. The van der Waals surface area contributed by atoms with Gasteiger partial charge in [0.05, 0.1) is 0 Å². The van der Waals surface area contributed by atoms with Crippen LogP contribution in [0.1, 0.15) is 34.8 Å². The molecule has 136 valence electrons. The van der Waals surface area contributed by atoms with Crippen molar-refractivity contribution in [2.45, 2.75) is 19.1 Å². The van der Waals surface area contributed by atoms with Crippen molar-refractivity contribution in [1.82, 2.24) is 4.90 Å². The second-order valence-corrected chi connectivity index (χ2v) is 6.65. The first kappa shape index (κ1) is 18.2. The molecular weight excluding hydrogens is 330 g/mol. The van der Waals surface area contributed by atoms with Gasteiger partial charge in [0.1, 0.15) is 12.4 Å². The number of hydrogen-bond donors (Lipinski definition) is 2. The van der Waals surface area contributed by atoms with Crippen LogP contribution in [0.25, 0.3) is 5.57 Å². The summed E-state index contributed by atoms with van der Waals surface area (Å²) < 4.78 is 5.95. The van der Waals surface area contributed by atoms with Gasteiger partial charge in [0.25, 0.3) is 0 Å². The summed E-state index contributed by atoms with van der Waals surface area (Å²) in [5, 5.41) is 19.1. The van der Waals surface area contributed by atoms with Crippen LogP contribution >= 0.6 is 0 Å². The van der Waals surface area contributed by atoms with E-state index in [1.807, 2.05) is 32.3 Å². The summed E-state index contributed by atoms with van der Waals surface area (Å²) in [7, 11) is 4.05. The highest BCUT2D eigenvalue weighted by molar-refractivity contribution is 5.86. The second-order valence-electron chi connectivity index (χ2n) is 6.65. The second kappa shape index (κ2) is 7.72. The van der Waals surface area contributed by atoms with E-state index in [0.29, 0.717) is 17.9 Å². The molecule has 0 radical (unpaired) electrons. The summed E-state index contributed by atoms with van der Waals surface area (Å²) in [6, 6.07) is 13.1. The van der Waals surface area contributed by atoms with E-state index in [-0.39, 0.29) is 0 Å². The van der Waals surface area contributed by atoms with E-state index in [1.165, 1.54) is 0 Å². The van der Waals surface area contributed by atoms with Crippen molar-refractivity contribution < 1.29 is 19.7 Å². The summed E-state index contributed by atoms with van der Waals surface area (Å²) in [6.45, 7) is 1.36. The SMILES string of the molecule is CN(C)CC/C=C1/c2ccccc2COc2ccc([C@H](O)C(=O)O)cc21. The molecule has 26 heavy (non-hydrogen) atoms. The Bertz CT molecular complexity index is 842. The Morgan fingerprint density at radius 3 is 2.73 bits per heavy atom. The molecule has 1 aliphatic rings. The van der Waals surface area contributed by atoms with Gasteiger partial charge in [-0.15, -0.1) is 0 Å². The van der Waals surface area contributed by atoms with E-state index >= 15 is 0 Å². The van der Waals surface area contributed by atoms with E-state index in [1.54, 1.807) is 18.2 Å². The van der Waals surface area contributed by atoms with E-state index in [4.69, 9.17) is 9.84 Å². The quantitative estimate of drug-likeness (QED) is 0.864. The Balaban J connectivity index is 2.11. The first-order valence-corrected chi connectivity index (χ1v) is 8.58. The van der Waals surface area contributed by atoms with Gasteiger partial charge in [0.15, 0.2) is 6.10 Å². The molecule has 5 nitrogen and oxygen atoms in total. The number of nitrogens with zero attached hydrogens (tertiary/aromatic N) is 1. The van der Waals surface area contributed by atoms with Crippen molar-refractivity contribution in [1.29, 1.82) is 0 Å². The highest BCUT2D eigenvalue weighted by Crippen LogP contribution is 2.38. The van der Waals surface area contributed by atoms with Crippen molar-refractivity contribution in [3.8, 4) is 5.75 Å². The molecule has 0 amide bonds. The van der Waals surface area contributed by atoms with Crippen molar-refractivity contribution in [2.75, 3.05) is 20.6 Å². The standard InChI is InChI=1S/C21H23NO4/c1-22(2)11-5-8-17-16-7-4-3-6-15(16)13-26-19-10-9-14(12-18(17)19)20(23)21(24)25/h3-4,6-10,12,20,23H,5,11,13H2,1-2H3,(H,24,25)/b17-8-/t20-/m0/s1. The number of aliphatic carboxylic acids is 1. The molecule has 2 N–H and O–H groups in total. The summed E-state index contributed by atoms with van der Waals surface area (Å²) in [5.41, 5.74) is 4.32. The van der Waals surface area contributed by atoms with E-state index in [2.05, 4.69) is 17.0 Å². The number of hydrogen-bond acceptors (Lipinski definition) is 4. The summed E-state index contributed by atoms with van der Waals surface area (Å²) in [4.78, 5) is 13.3. The molecule has 1 heterocycles. The Labute approximate surface area is 153 Å². The minimum absolute atomic E-state index is 0.345. The minimum Gasteiger partial charge on any atom is -0.488 e. The summed E-state index contributed by atoms with van der Waals surface area (Å²) in [5.74, 6) is -0.573. The van der Waals surface area contributed by atoms with Crippen molar-refractivity contribution in [2.24, 2.45) is 0 Å².